The molecule has 0 spiro atoms. The normalized spacial score (nSPS) is 20.1. The number of aromatic nitrogens is 1. The van der Waals surface area contributed by atoms with Crippen LogP contribution in [0.4, 0.5) is 5.82 Å². The summed E-state index contributed by atoms with van der Waals surface area (Å²) in [6.07, 6.45) is 5.07. The first-order valence-electron chi connectivity index (χ1n) is 6.96. The summed E-state index contributed by atoms with van der Waals surface area (Å²) in [5.74, 6) is 1.15. The average molecular weight is 247 g/mol. The van der Waals surface area contributed by atoms with E-state index < -0.39 is 0 Å². The Morgan fingerprint density at radius 1 is 1.50 bits per heavy atom. The monoisotopic (exact) mass is 247 g/mol. The van der Waals surface area contributed by atoms with Gasteiger partial charge in [-0.2, -0.15) is 0 Å². The number of anilines is 1. The SMILES string of the molecule is CCC(N)Cc1cccnc1N1CCC(C)(C)C1. The van der Waals surface area contributed by atoms with E-state index in [1.165, 1.54) is 12.0 Å². The fourth-order valence-electron chi connectivity index (χ4n) is 2.59. The largest absolute Gasteiger partial charge is 0.356 e. The van der Waals surface area contributed by atoms with Crippen molar-refractivity contribution in [2.24, 2.45) is 11.1 Å². The van der Waals surface area contributed by atoms with Gasteiger partial charge in [-0.3, -0.25) is 0 Å². The zero-order valence-corrected chi connectivity index (χ0v) is 11.8. The Balaban J connectivity index is 2.17. The molecule has 1 aromatic rings. The molecule has 0 radical (unpaired) electrons. The molecule has 1 saturated heterocycles. The molecule has 18 heavy (non-hydrogen) atoms. The van der Waals surface area contributed by atoms with Crippen molar-refractivity contribution in [2.45, 2.75) is 46.1 Å². The third-order valence-electron chi connectivity index (χ3n) is 3.85. The minimum Gasteiger partial charge on any atom is -0.356 e. The van der Waals surface area contributed by atoms with Gasteiger partial charge < -0.3 is 10.6 Å². The molecular weight excluding hydrogens is 222 g/mol. The summed E-state index contributed by atoms with van der Waals surface area (Å²) in [5.41, 5.74) is 7.78. The van der Waals surface area contributed by atoms with Gasteiger partial charge in [0, 0.05) is 25.3 Å². The van der Waals surface area contributed by atoms with E-state index in [2.05, 4.69) is 36.7 Å². The molecule has 2 rings (SSSR count). The Hall–Kier alpha value is -1.09. The van der Waals surface area contributed by atoms with Gasteiger partial charge in [-0.05, 0) is 36.3 Å². The minimum absolute atomic E-state index is 0.239. The van der Waals surface area contributed by atoms with Crippen LogP contribution < -0.4 is 10.6 Å². The number of pyridine rings is 1. The number of hydrogen-bond donors (Lipinski definition) is 1. The van der Waals surface area contributed by atoms with E-state index in [0.29, 0.717) is 5.41 Å². The van der Waals surface area contributed by atoms with Crippen LogP contribution in [-0.4, -0.2) is 24.1 Å². The molecule has 1 unspecified atom stereocenters. The average Bonchev–Trinajstić information content (AvgIpc) is 2.70. The lowest BCUT2D eigenvalue weighted by molar-refractivity contribution is 0.418. The van der Waals surface area contributed by atoms with E-state index in [4.69, 9.17) is 5.73 Å². The lowest BCUT2D eigenvalue weighted by Crippen LogP contribution is -2.27. The molecule has 1 fully saturated rings. The molecule has 2 heterocycles. The van der Waals surface area contributed by atoms with Crippen molar-refractivity contribution >= 4 is 5.82 Å². The van der Waals surface area contributed by atoms with E-state index in [-0.39, 0.29) is 6.04 Å². The number of nitrogens with zero attached hydrogens (tertiary/aromatic N) is 2. The maximum absolute atomic E-state index is 6.08. The highest BCUT2D eigenvalue weighted by Gasteiger charge is 2.30. The highest BCUT2D eigenvalue weighted by Crippen LogP contribution is 2.33. The summed E-state index contributed by atoms with van der Waals surface area (Å²) in [6, 6.07) is 4.43. The van der Waals surface area contributed by atoms with Gasteiger partial charge in [-0.1, -0.05) is 26.8 Å². The van der Waals surface area contributed by atoms with Crippen molar-refractivity contribution in [3.05, 3.63) is 23.9 Å². The van der Waals surface area contributed by atoms with Crippen LogP contribution in [0.25, 0.3) is 0 Å². The molecule has 0 saturated carbocycles. The Morgan fingerprint density at radius 3 is 2.89 bits per heavy atom. The molecule has 3 nitrogen and oxygen atoms in total. The molecule has 1 aromatic heterocycles. The predicted molar refractivity (Wildman–Crippen MR) is 76.8 cm³/mol. The van der Waals surface area contributed by atoms with Crippen molar-refractivity contribution in [3.8, 4) is 0 Å². The number of hydrogen-bond acceptors (Lipinski definition) is 3. The van der Waals surface area contributed by atoms with Gasteiger partial charge in [0.1, 0.15) is 5.82 Å². The van der Waals surface area contributed by atoms with E-state index in [9.17, 15) is 0 Å². The fraction of sp³-hybridized carbons (Fsp3) is 0.667. The summed E-state index contributed by atoms with van der Waals surface area (Å²) in [7, 11) is 0. The minimum atomic E-state index is 0.239. The first-order valence-corrected chi connectivity index (χ1v) is 6.96. The van der Waals surface area contributed by atoms with E-state index in [1.54, 1.807) is 0 Å². The topological polar surface area (TPSA) is 42.1 Å². The van der Waals surface area contributed by atoms with Crippen LogP contribution in [0.5, 0.6) is 0 Å². The molecule has 0 bridgehead atoms. The number of nitrogens with two attached hydrogens (primary N) is 1. The fourth-order valence-corrected chi connectivity index (χ4v) is 2.59. The third-order valence-corrected chi connectivity index (χ3v) is 3.85. The Labute approximate surface area is 110 Å². The molecule has 3 heteroatoms. The Kier molecular flexibility index (Phi) is 3.91. The summed E-state index contributed by atoms with van der Waals surface area (Å²) in [5, 5.41) is 0. The standard InChI is InChI=1S/C15H25N3/c1-4-13(16)10-12-6-5-8-17-14(12)18-9-7-15(2,3)11-18/h5-6,8,13H,4,7,9-11,16H2,1-3H3. The molecule has 100 valence electrons. The molecule has 1 aliphatic heterocycles. The lowest BCUT2D eigenvalue weighted by Gasteiger charge is -2.23. The van der Waals surface area contributed by atoms with Gasteiger partial charge in [0.05, 0.1) is 0 Å². The van der Waals surface area contributed by atoms with E-state index in [0.717, 1.165) is 31.7 Å². The summed E-state index contributed by atoms with van der Waals surface area (Å²) in [4.78, 5) is 7.00. The van der Waals surface area contributed by atoms with Gasteiger partial charge in [0.25, 0.3) is 0 Å². The second kappa shape index (κ2) is 5.27. The summed E-state index contributed by atoms with van der Waals surface area (Å²) < 4.78 is 0. The number of rotatable bonds is 4. The summed E-state index contributed by atoms with van der Waals surface area (Å²) in [6.45, 7) is 9.00. The van der Waals surface area contributed by atoms with Crippen molar-refractivity contribution in [3.63, 3.8) is 0 Å². The molecule has 1 aliphatic rings. The van der Waals surface area contributed by atoms with Crippen LogP contribution in [0.1, 0.15) is 39.2 Å². The lowest BCUT2D eigenvalue weighted by atomic mass is 9.93. The second-order valence-corrected chi connectivity index (χ2v) is 6.19. The molecule has 2 N–H and O–H groups in total. The predicted octanol–water partition coefficient (Wildman–Crippen LogP) is 2.60. The van der Waals surface area contributed by atoms with Gasteiger partial charge in [-0.25, -0.2) is 4.98 Å². The smallest absolute Gasteiger partial charge is 0.131 e. The first-order chi connectivity index (χ1) is 8.52. The van der Waals surface area contributed by atoms with Gasteiger partial charge in [-0.15, -0.1) is 0 Å². The zero-order chi connectivity index (χ0) is 13.2. The Bertz CT molecular complexity index is 400. The molecular formula is C15H25N3. The van der Waals surface area contributed by atoms with Crippen molar-refractivity contribution in [1.82, 2.24) is 4.98 Å². The van der Waals surface area contributed by atoms with E-state index >= 15 is 0 Å². The quantitative estimate of drug-likeness (QED) is 0.889. The Morgan fingerprint density at radius 2 is 2.28 bits per heavy atom. The highest BCUT2D eigenvalue weighted by atomic mass is 15.2. The molecule has 0 aliphatic carbocycles. The van der Waals surface area contributed by atoms with Crippen molar-refractivity contribution in [1.29, 1.82) is 0 Å². The zero-order valence-electron chi connectivity index (χ0n) is 11.8. The molecule has 0 aromatic carbocycles. The van der Waals surface area contributed by atoms with Crippen LogP contribution in [0.2, 0.25) is 0 Å². The summed E-state index contributed by atoms with van der Waals surface area (Å²) >= 11 is 0. The third kappa shape index (κ3) is 3.02. The highest BCUT2D eigenvalue weighted by molar-refractivity contribution is 5.48. The molecule has 1 atom stereocenters. The van der Waals surface area contributed by atoms with Crippen molar-refractivity contribution < 1.29 is 0 Å². The van der Waals surface area contributed by atoms with Crippen LogP contribution in [-0.2, 0) is 6.42 Å². The van der Waals surface area contributed by atoms with Gasteiger partial charge >= 0.3 is 0 Å². The van der Waals surface area contributed by atoms with Crippen LogP contribution in [0.3, 0.4) is 0 Å². The maximum Gasteiger partial charge on any atom is 0.131 e. The van der Waals surface area contributed by atoms with Gasteiger partial charge in [0.15, 0.2) is 0 Å². The molecule has 0 amide bonds. The van der Waals surface area contributed by atoms with Crippen LogP contribution in [0.15, 0.2) is 18.3 Å². The second-order valence-electron chi connectivity index (χ2n) is 6.19. The van der Waals surface area contributed by atoms with Crippen LogP contribution >= 0.6 is 0 Å². The van der Waals surface area contributed by atoms with Crippen molar-refractivity contribution in [2.75, 3.05) is 18.0 Å². The van der Waals surface area contributed by atoms with Gasteiger partial charge in [0.2, 0.25) is 0 Å². The van der Waals surface area contributed by atoms with Crippen LogP contribution in [0, 0.1) is 5.41 Å². The first kappa shape index (κ1) is 13.3. The van der Waals surface area contributed by atoms with E-state index in [1.807, 2.05) is 12.3 Å². The maximum atomic E-state index is 6.08.